The molecule has 0 bridgehead atoms. The van der Waals surface area contributed by atoms with Crippen molar-refractivity contribution in [1.82, 2.24) is 4.98 Å². The van der Waals surface area contributed by atoms with Gasteiger partial charge in [-0.25, -0.2) is 13.4 Å². The van der Waals surface area contributed by atoms with Crippen molar-refractivity contribution in [2.75, 3.05) is 11.6 Å². The Bertz CT molecular complexity index is 1280. The van der Waals surface area contributed by atoms with Crippen LogP contribution in [0, 0.1) is 0 Å². The smallest absolute Gasteiger partial charge is 0.257 e. The lowest BCUT2D eigenvalue weighted by molar-refractivity contribution is 0.102. The number of sulfone groups is 1. The summed E-state index contributed by atoms with van der Waals surface area (Å²) < 4.78 is 23.9. The van der Waals surface area contributed by atoms with Gasteiger partial charge in [0.2, 0.25) is 0 Å². The maximum atomic E-state index is 12.6. The molecule has 0 saturated heterocycles. The highest BCUT2D eigenvalue weighted by atomic mass is 32.2. The predicted molar refractivity (Wildman–Crippen MR) is 110 cm³/mol. The minimum absolute atomic E-state index is 0.0960. The fourth-order valence-corrected chi connectivity index (χ4v) is 4.65. The lowest BCUT2D eigenvalue weighted by atomic mass is 10.1. The predicted octanol–water partition coefficient (Wildman–Crippen LogP) is 4.25. The van der Waals surface area contributed by atoms with Gasteiger partial charge in [0, 0.05) is 17.2 Å². The van der Waals surface area contributed by atoms with Crippen molar-refractivity contribution >= 4 is 53.2 Å². The second-order valence-corrected chi connectivity index (χ2v) is 9.55. The molecule has 0 aliphatic rings. The first-order valence-corrected chi connectivity index (χ1v) is 11.1. The number of nitrogens with one attached hydrogen (secondary N) is 1. The van der Waals surface area contributed by atoms with Crippen LogP contribution >= 0.6 is 11.3 Å². The average Bonchev–Trinajstić information content (AvgIpc) is 3.03. The number of anilines is 1. The first-order valence-electron chi connectivity index (χ1n) is 8.25. The summed E-state index contributed by atoms with van der Waals surface area (Å²) in [5.41, 5.74) is 1.85. The number of hydrogen-bond acceptors (Lipinski definition) is 5. The second kappa shape index (κ2) is 6.75. The molecule has 5 nitrogen and oxygen atoms in total. The second-order valence-electron chi connectivity index (χ2n) is 6.38. The lowest BCUT2D eigenvalue weighted by Gasteiger charge is -2.04. The molecular weight excluding hydrogens is 380 g/mol. The van der Waals surface area contributed by atoms with E-state index >= 15 is 0 Å². The van der Waals surface area contributed by atoms with E-state index in [0.29, 0.717) is 16.3 Å². The number of carbonyl (C=O) groups excluding carboxylic acids is 1. The van der Waals surface area contributed by atoms with Gasteiger partial charge in [-0.15, -0.1) is 0 Å². The first kappa shape index (κ1) is 17.6. The third-order valence-corrected chi connectivity index (χ3v) is 5.92. The van der Waals surface area contributed by atoms with E-state index in [1.807, 2.05) is 36.4 Å². The van der Waals surface area contributed by atoms with E-state index in [1.165, 1.54) is 17.6 Å². The van der Waals surface area contributed by atoms with E-state index in [0.717, 1.165) is 21.0 Å². The summed E-state index contributed by atoms with van der Waals surface area (Å²) in [6, 6.07) is 18.6. The molecule has 7 heteroatoms. The summed E-state index contributed by atoms with van der Waals surface area (Å²) in [4.78, 5) is 17.2. The fraction of sp³-hybridized carbons (Fsp3) is 0.100. The number of fused-ring (bicyclic) bond motifs is 3. The standard InChI is InChI=1S/C20H16N2O3S2/c1-27(24,25)12-13-5-4-7-15(11-13)19(23)22-20-21-18-16-8-3-2-6-14(16)9-10-17(18)26-20/h2-11H,12H2,1H3,(H,21,22,23). The Morgan fingerprint density at radius 2 is 1.89 bits per heavy atom. The molecular formula is C20H16N2O3S2. The third kappa shape index (κ3) is 3.84. The third-order valence-electron chi connectivity index (χ3n) is 4.12. The molecule has 1 amide bonds. The monoisotopic (exact) mass is 396 g/mol. The van der Waals surface area contributed by atoms with Crippen molar-refractivity contribution in [2.24, 2.45) is 0 Å². The molecule has 4 aromatic rings. The molecule has 3 aromatic carbocycles. The van der Waals surface area contributed by atoms with Crippen LogP contribution in [0.5, 0.6) is 0 Å². The average molecular weight is 396 g/mol. The largest absolute Gasteiger partial charge is 0.298 e. The minimum Gasteiger partial charge on any atom is -0.298 e. The maximum absolute atomic E-state index is 12.6. The Morgan fingerprint density at radius 1 is 1.07 bits per heavy atom. The van der Waals surface area contributed by atoms with Crippen LogP contribution in [0.15, 0.2) is 60.7 Å². The van der Waals surface area contributed by atoms with Crippen LogP contribution in [0.25, 0.3) is 21.0 Å². The molecule has 0 aliphatic carbocycles. The SMILES string of the molecule is CS(=O)(=O)Cc1cccc(C(=O)Nc2nc3c(ccc4ccccc43)s2)c1. The van der Waals surface area contributed by atoms with Gasteiger partial charge < -0.3 is 0 Å². The fourth-order valence-electron chi connectivity index (χ4n) is 2.99. The number of rotatable bonds is 4. The van der Waals surface area contributed by atoms with E-state index in [-0.39, 0.29) is 11.7 Å². The van der Waals surface area contributed by atoms with E-state index < -0.39 is 9.84 Å². The Labute approximate surface area is 160 Å². The molecule has 136 valence electrons. The number of hydrogen-bond donors (Lipinski definition) is 1. The Hall–Kier alpha value is -2.77. The van der Waals surface area contributed by atoms with Crippen molar-refractivity contribution in [3.8, 4) is 0 Å². The van der Waals surface area contributed by atoms with Crippen molar-refractivity contribution in [3.63, 3.8) is 0 Å². The van der Waals surface area contributed by atoms with Crippen LogP contribution in [0.3, 0.4) is 0 Å². The van der Waals surface area contributed by atoms with Gasteiger partial charge in [0.05, 0.1) is 16.0 Å². The van der Waals surface area contributed by atoms with Gasteiger partial charge in [-0.1, -0.05) is 53.8 Å². The molecule has 0 radical (unpaired) electrons. The van der Waals surface area contributed by atoms with Crippen LogP contribution < -0.4 is 5.32 Å². The Kier molecular flexibility index (Phi) is 4.41. The highest BCUT2D eigenvalue weighted by molar-refractivity contribution is 7.89. The lowest BCUT2D eigenvalue weighted by Crippen LogP contribution is -2.12. The summed E-state index contributed by atoms with van der Waals surface area (Å²) >= 11 is 1.41. The van der Waals surface area contributed by atoms with Crippen LogP contribution in [0.2, 0.25) is 0 Å². The van der Waals surface area contributed by atoms with Crippen molar-refractivity contribution < 1.29 is 13.2 Å². The van der Waals surface area contributed by atoms with Crippen LogP contribution in [-0.4, -0.2) is 25.6 Å². The molecule has 0 saturated carbocycles. The Balaban J connectivity index is 1.63. The van der Waals surface area contributed by atoms with Gasteiger partial charge in [0.1, 0.15) is 0 Å². The van der Waals surface area contributed by atoms with Gasteiger partial charge in [-0.2, -0.15) is 0 Å². The highest BCUT2D eigenvalue weighted by Crippen LogP contribution is 2.31. The number of nitrogens with zero attached hydrogens (tertiary/aromatic N) is 1. The summed E-state index contributed by atoms with van der Waals surface area (Å²) in [7, 11) is -3.16. The normalized spacial score (nSPS) is 11.7. The molecule has 1 aromatic heterocycles. The van der Waals surface area contributed by atoms with Gasteiger partial charge >= 0.3 is 0 Å². The zero-order valence-corrected chi connectivity index (χ0v) is 16.1. The van der Waals surface area contributed by atoms with Gasteiger partial charge in [0.25, 0.3) is 5.91 Å². The molecule has 4 rings (SSSR count). The molecule has 0 spiro atoms. The molecule has 27 heavy (non-hydrogen) atoms. The minimum atomic E-state index is -3.16. The number of amides is 1. The molecule has 0 atom stereocenters. The van der Waals surface area contributed by atoms with E-state index in [4.69, 9.17) is 0 Å². The van der Waals surface area contributed by atoms with Gasteiger partial charge in [-0.3, -0.25) is 10.1 Å². The van der Waals surface area contributed by atoms with E-state index in [2.05, 4.69) is 10.3 Å². The van der Waals surface area contributed by atoms with Crippen LogP contribution in [0.4, 0.5) is 5.13 Å². The number of thiazole rings is 1. The topological polar surface area (TPSA) is 76.1 Å². The number of benzene rings is 3. The van der Waals surface area contributed by atoms with E-state index in [1.54, 1.807) is 24.3 Å². The zero-order chi connectivity index (χ0) is 19.0. The summed E-state index contributed by atoms with van der Waals surface area (Å²) in [6.07, 6.45) is 1.17. The summed E-state index contributed by atoms with van der Waals surface area (Å²) in [5.74, 6) is -0.407. The summed E-state index contributed by atoms with van der Waals surface area (Å²) in [5, 5.41) is 5.48. The molecule has 0 fully saturated rings. The van der Waals surface area contributed by atoms with Crippen LogP contribution in [-0.2, 0) is 15.6 Å². The molecule has 1 heterocycles. The van der Waals surface area contributed by atoms with Crippen molar-refractivity contribution in [1.29, 1.82) is 0 Å². The van der Waals surface area contributed by atoms with Crippen LogP contribution in [0.1, 0.15) is 15.9 Å². The number of aromatic nitrogens is 1. The molecule has 0 aliphatic heterocycles. The van der Waals surface area contributed by atoms with Gasteiger partial charge in [0.15, 0.2) is 15.0 Å². The quantitative estimate of drug-likeness (QED) is 0.560. The molecule has 1 N–H and O–H groups in total. The maximum Gasteiger partial charge on any atom is 0.257 e. The Morgan fingerprint density at radius 3 is 2.70 bits per heavy atom. The van der Waals surface area contributed by atoms with Crippen molar-refractivity contribution in [3.05, 3.63) is 71.8 Å². The van der Waals surface area contributed by atoms with E-state index in [9.17, 15) is 13.2 Å². The van der Waals surface area contributed by atoms with Crippen molar-refractivity contribution in [2.45, 2.75) is 5.75 Å². The molecule has 0 unspecified atom stereocenters. The zero-order valence-electron chi connectivity index (χ0n) is 14.5. The number of carbonyl (C=O) groups is 1. The highest BCUT2D eigenvalue weighted by Gasteiger charge is 2.13. The summed E-state index contributed by atoms with van der Waals surface area (Å²) in [6.45, 7) is 0. The first-order chi connectivity index (χ1) is 12.9. The van der Waals surface area contributed by atoms with Gasteiger partial charge in [-0.05, 0) is 29.1 Å².